The zero-order chi connectivity index (χ0) is 43.0. The Morgan fingerprint density at radius 2 is 0.678 bits per heavy atom. The van der Waals surface area contributed by atoms with Gasteiger partial charge in [0, 0.05) is 6.42 Å². The normalized spacial score (nSPS) is 13.4. The van der Waals surface area contributed by atoms with E-state index in [1.807, 2.05) is 0 Å². The molecule has 3 atom stereocenters. The number of carbonyl (C=O) groups is 1. The summed E-state index contributed by atoms with van der Waals surface area (Å²) in [5, 5.41) is 33.6. The molecule has 0 radical (unpaired) electrons. The molecule has 3 unspecified atom stereocenters. The van der Waals surface area contributed by atoms with Crippen LogP contribution in [-0.4, -0.2) is 46.1 Å². The van der Waals surface area contributed by atoms with Crippen molar-refractivity contribution in [1.82, 2.24) is 5.32 Å². The molecule has 1 amide bonds. The molecule has 0 aliphatic rings. The molecular weight excluding hydrogens is 727 g/mol. The molecule has 0 heterocycles. The lowest BCUT2D eigenvalue weighted by molar-refractivity contribution is -0.124. The number of nitrogens with one attached hydrogen (secondary N) is 1. The van der Waals surface area contributed by atoms with Crippen molar-refractivity contribution in [1.29, 1.82) is 0 Å². The van der Waals surface area contributed by atoms with E-state index in [4.69, 9.17) is 0 Å². The molecule has 0 bridgehead atoms. The van der Waals surface area contributed by atoms with E-state index in [0.29, 0.717) is 12.8 Å². The van der Waals surface area contributed by atoms with Gasteiger partial charge >= 0.3 is 0 Å². The SMILES string of the molecule is CCCCCCCCCCCCC/C=C/CCCC(O)C(O)C(CO)NC(=O)CCCCCCCCCCCCCCCCCCCCCCCCCCCCCCC. The van der Waals surface area contributed by atoms with Crippen LogP contribution in [0.1, 0.15) is 303 Å². The summed E-state index contributed by atoms with van der Waals surface area (Å²) >= 11 is 0. The second kappa shape index (κ2) is 49.7. The van der Waals surface area contributed by atoms with Gasteiger partial charge in [0.05, 0.1) is 18.8 Å². The van der Waals surface area contributed by atoms with Crippen LogP contribution in [0, 0.1) is 0 Å². The van der Waals surface area contributed by atoms with Crippen molar-refractivity contribution in [3.63, 3.8) is 0 Å². The Morgan fingerprint density at radius 3 is 0.983 bits per heavy atom. The standard InChI is InChI=1S/C54H107NO4/c1-3-5-7-9-11-13-15-17-19-21-22-23-24-25-26-27-28-29-30-31-32-33-35-37-39-41-43-45-47-49-53(58)55-51(50-56)54(59)52(57)48-46-44-42-40-38-36-34-20-18-16-14-12-10-8-6-4-2/h40,42,51-52,54,56-57,59H,3-39,41,43-50H2,1-2H3,(H,55,58)/b42-40+. The first kappa shape index (κ1) is 58.1. The smallest absolute Gasteiger partial charge is 0.220 e. The van der Waals surface area contributed by atoms with Crippen LogP contribution in [0.5, 0.6) is 0 Å². The Labute approximate surface area is 369 Å². The number of carbonyl (C=O) groups excluding carboxylic acids is 1. The summed E-state index contributed by atoms with van der Waals surface area (Å²) in [6, 6.07) is -0.822. The fraction of sp³-hybridized carbons (Fsp3) is 0.944. The molecule has 0 aromatic heterocycles. The van der Waals surface area contributed by atoms with E-state index in [2.05, 4.69) is 31.3 Å². The molecule has 0 saturated heterocycles. The molecule has 4 N–H and O–H groups in total. The third-order valence-corrected chi connectivity index (χ3v) is 12.9. The third kappa shape index (κ3) is 44.9. The summed E-state index contributed by atoms with van der Waals surface area (Å²) in [4.78, 5) is 12.5. The van der Waals surface area contributed by atoms with Gasteiger partial charge in [-0.3, -0.25) is 4.79 Å². The largest absolute Gasteiger partial charge is 0.394 e. The van der Waals surface area contributed by atoms with Gasteiger partial charge in [0.1, 0.15) is 6.10 Å². The molecule has 0 aromatic carbocycles. The number of rotatable bonds is 50. The van der Waals surface area contributed by atoms with Crippen LogP contribution in [0.3, 0.4) is 0 Å². The molecule has 0 aliphatic heterocycles. The molecule has 0 rings (SSSR count). The molecule has 0 saturated carbocycles. The lowest BCUT2D eigenvalue weighted by Crippen LogP contribution is -2.50. The zero-order valence-electron chi connectivity index (χ0n) is 40.2. The van der Waals surface area contributed by atoms with Crippen molar-refractivity contribution in [2.75, 3.05) is 6.61 Å². The Bertz CT molecular complexity index is 833. The monoisotopic (exact) mass is 834 g/mol. The van der Waals surface area contributed by atoms with E-state index in [9.17, 15) is 20.1 Å². The van der Waals surface area contributed by atoms with E-state index in [-0.39, 0.29) is 12.5 Å². The van der Waals surface area contributed by atoms with E-state index >= 15 is 0 Å². The Hall–Kier alpha value is -0.910. The van der Waals surface area contributed by atoms with Crippen molar-refractivity contribution in [3.8, 4) is 0 Å². The summed E-state index contributed by atoms with van der Waals surface area (Å²) in [7, 11) is 0. The summed E-state index contributed by atoms with van der Waals surface area (Å²) in [6.07, 6.45) is 60.8. The van der Waals surface area contributed by atoms with Gasteiger partial charge in [0.15, 0.2) is 0 Å². The van der Waals surface area contributed by atoms with Crippen LogP contribution in [0.4, 0.5) is 0 Å². The first-order chi connectivity index (χ1) is 29.1. The van der Waals surface area contributed by atoms with Crippen molar-refractivity contribution in [3.05, 3.63) is 12.2 Å². The second-order valence-corrected chi connectivity index (χ2v) is 18.8. The first-order valence-corrected chi connectivity index (χ1v) is 27.0. The van der Waals surface area contributed by atoms with Gasteiger partial charge in [-0.1, -0.05) is 270 Å². The minimum Gasteiger partial charge on any atom is -0.394 e. The maximum absolute atomic E-state index is 12.5. The highest BCUT2D eigenvalue weighted by Crippen LogP contribution is 2.18. The number of hydrogen-bond acceptors (Lipinski definition) is 4. The Morgan fingerprint density at radius 1 is 0.407 bits per heavy atom. The average molecular weight is 834 g/mol. The number of aliphatic hydroxyl groups excluding tert-OH is 3. The fourth-order valence-electron chi connectivity index (χ4n) is 8.70. The maximum Gasteiger partial charge on any atom is 0.220 e. The van der Waals surface area contributed by atoms with E-state index < -0.39 is 18.2 Å². The highest BCUT2D eigenvalue weighted by atomic mass is 16.3. The van der Waals surface area contributed by atoms with Gasteiger partial charge in [-0.15, -0.1) is 0 Å². The minimum absolute atomic E-state index is 0.148. The topological polar surface area (TPSA) is 89.8 Å². The molecule has 0 aliphatic carbocycles. The molecular formula is C54H107NO4. The van der Waals surface area contributed by atoms with Gasteiger partial charge in [0.25, 0.3) is 0 Å². The van der Waals surface area contributed by atoms with Crippen LogP contribution >= 0.6 is 0 Å². The van der Waals surface area contributed by atoms with Gasteiger partial charge in [-0.2, -0.15) is 0 Å². The number of unbranched alkanes of at least 4 members (excludes halogenated alkanes) is 40. The highest BCUT2D eigenvalue weighted by molar-refractivity contribution is 5.76. The van der Waals surface area contributed by atoms with Crippen molar-refractivity contribution >= 4 is 5.91 Å². The zero-order valence-corrected chi connectivity index (χ0v) is 40.2. The minimum atomic E-state index is -1.15. The predicted octanol–water partition coefficient (Wildman–Crippen LogP) is 16.3. The van der Waals surface area contributed by atoms with Gasteiger partial charge in [0.2, 0.25) is 5.91 Å². The molecule has 352 valence electrons. The van der Waals surface area contributed by atoms with Crippen LogP contribution < -0.4 is 5.32 Å². The van der Waals surface area contributed by atoms with Gasteiger partial charge in [-0.25, -0.2) is 0 Å². The number of amides is 1. The van der Waals surface area contributed by atoms with Crippen molar-refractivity contribution in [2.24, 2.45) is 0 Å². The number of aliphatic hydroxyl groups is 3. The Kier molecular flexibility index (Phi) is 49.0. The predicted molar refractivity (Wildman–Crippen MR) is 259 cm³/mol. The summed E-state index contributed by atoms with van der Waals surface area (Å²) in [5.41, 5.74) is 0. The van der Waals surface area contributed by atoms with Crippen LogP contribution in [-0.2, 0) is 4.79 Å². The summed E-state index contributed by atoms with van der Waals surface area (Å²) < 4.78 is 0. The number of allylic oxidation sites excluding steroid dienone is 2. The fourth-order valence-corrected chi connectivity index (χ4v) is 8.70. The Balaban J connectivity index is 3.50. The molecule has 5 nitrogen and oxygen atoms in total. The summed E-state index contributed by atoms with van der Waals surface area (Å²) in [5.74, 6) is -0.148. The average Bonchev–Trinajstić information content (AvgIpc) is 3.24. The first-order valence-electron chi connectivity index (χ1n) is 27.0. The van der Waals surface area contributed by atoms with Crippen LogP contribution in [0.15, 0.2) is 12.2 Å². The lowest BCUT2D eigenvalue weighted by atomic mass is 10.0. The summed E-state index contributed by atoms with van der Waals surface area (Å²) in [6.45, 7) is 4.20. The lowest BCUT2D eigenvalue weighted by Gasteiger charge is -2.26. The van der Waals surface area contributed by atoms with Crippen LogP contribution in [0.25, 0.3) is 0 Å². The molecule has 59 heavy (non-hydrogen) atoms. The van der Waals surface area contributed by atoms with Crippen molar-refractivity contribution < 1.29 is 20.1 Å². The molecule has 5 heteroatoms. The molecule has 0 aromatic rings. The molecule has 0 fully saturated rings. The third-order valence-electron chi connectivity index (χ3n) is 12.9. The van der Waals surface area contributed by atoms with Gasteiger partial charge in [-0.05, 0) is 38.5 Å². The van der Waals surface area contributed by atoms with Crippen LogP contribution in [0.2, 0.25) is 0 Å². The van der Waals surface area contributed by atoms with E-state index in [1.165, 1.54) is 238 Å². The number of hydrogen-bond donors (Lipinski definition) is 4. The molecule has 0 spiro atoms. The van der Waals surface area contributed by atoms with E-state index in [1.54, 1.807) is 0 Å². The van der Waals surface area contributed by atoms with Crippen molar-refractivity contribution in [2.45, 2.75) is 321 Å². The quantitative estimate of drug-likeness (QED) is 0.0363. The van der Waals surface area contributed by atoms with E-state index in [0.717, 1.165) is 38.5 Å². The van der Waals surface area contributed by atoms with Gasteiger partial charge < -0.3 is 20.6 Å². The second-order valence-electron chi connectivity index (χ2n) is 18.8. The maximum atomic E-state index is 12.5. The highest BCUT2D eigenvalue weighted by Gasteiger charge is 2.26.